The van der Waals surface area contributed by atoms with E-state index in [4.69, 9.17) is 21.1 Å². The lowest BCUT2D eigenvalue weighted by Crippen LogP contribution is -2.34. The molecule has 0 radical (unpaired) electrons. The summed E-state index contributed by atoms with van der Waals surface area (Å²) in [6.07, 6.45) is 1.58. The van der Waals surface area contributed by atoms with E-state index in [-0.39, 0.29) is 6.10 Å². The molecule has 21 heavy (non-hydrogen) atoms. The lowest BCUT2D eigenvalue weighted by atomic mass is 10.1. The fourth-order valence-corrected chi connectivity index (χ4v) is 2.68. The molecule has 1 aliphatic heterocycles. The molecule has 0 aromatic heterocycles. The molecule has 1 heterocycles. The standard InChI is InChI=1S/C16H24ClNO3/c1-18(10-13-4-2-3-5-16(13)17)11-14(19)12-21-15-6-8-20-9-7-15/h2-5,14-15,19H,6-12H2,1H3. The van der Waals surface area contributed by atoms with Crippen molar-refractivity contribution in [2.24, 2.45) is 0 Å². The van der Waals surface area contributed by atoms with Gasteiger partial charge in [-0.15, -0.1) is 0 Å². The number of hydrogen-bond donors (Lipinski definition) is 1. The molecular weight excluding hydrogens is 290 g/mol. The Hall–Kier alpha value is -0.650. The van der Waals surface area contributed by atoms with E-state index in [2.05, 4.69) is 4.90 Å². The maximum Gasteiger partial charge on any atom is 0.0900 e. The van der Waals surface area contributed by atoms with Crippen molar-refractivity contribution in [1.82, 2.24) is 4.90 Å². The van der Waals surface area contributed by atoms with Crippen LogP contribution in [0.3, 0.4) is 0 Å². The average Bonchev–Trinajstić information content (AvgIpc) is 2.48. The highest BCUT2D eigenvalue weighted by atomic mass is 35.5. The molecule has 5 heteroatoms. The zero-order valence-electron chi connectivity index (χ0n) is 12.5. The third-order valence-electron chi connectivity index (χ3n) is 3.61. The largest absolute Gasteiger partial charge is 0.389 e. The van der Waals surface area contributed by atoms with Crippen LogP contribution in [-0.2, 0) is 16.0 Å². The third-order valence-corrected chi connectivity index (χ3v) is 3.98. The molecule has 2 rings (SSSR count). The van der Waals surface area contributed by atoms with Gasteiger partial charge in [0.05, 0.1) is 18.8 Å². The monoisotopic (exact) mass is 313 g/mol. The van der Waals surface area contributed by atoms with Crippen molar-refractivity contribution in [3.63, 3.8) is 0 Å². The normalized spacial score (nSPS) is 18.1. The van der Waals surface area contributed by atoms with Crippen molar-refractivity contribution < 1.29 is 14.6 Å². The molecule has 1 atom stereocenters. The Labute approximate surface area is 131 Å². The Morgan fingerprint density at radius 2 is 2.10 bits per heavy atom. The number of aliphatic hydroxyl groups is 1. The molecule has 1 aromatic carbocycles. The summed E-state index contributed by atoms with van der Waals surface area (Å²) in [5.41, 5.74) is 1.07. The first-order valence-corrected chi connectivity index (χ1v) is 7.82. The Bertz CT molecular complexity index is 424. The van der Waals surface area contributed by atoms with Crippen LogP contribution >= 0.6 is 11.6 Å². The molecule has 0 amide bonds. The van der Waals surface area contributed by atoms with Gasteiger partial charge in [-0.1, -0.05) is 29.8 Å². The molecule has 1 unspecified atom stereocenters. The first kappa shape index (κ1) is 16.7. The molecule has 0 saturated carbocycles. The highest BCUT2D eigenvalue weighted by molar-refractivity contribution is 6.31. The Kier molecular flexibility index (Phi) is 6.93. The van der Waals surface area contributed by atoms with Gasteiger partial charge >= 0.3 is 0 Å². The molecule has 0 bridgehead atoms. The van der Waals surface area contributed by atoms with Crippen molar-refractivity contribution in [3.8, 4) is 0 Å². The van der Waals surface area contributed by atoms with Crippen molar-refractivity contribution >= 4 is 11.6 Å². The lowest BCUT2D eigenvalue weighted by Gasteiger charge is -2.25. The second-order valence-electron chi connectivity index (χ2n) is 5.59. The second kappa shape index (κ2) is 8.71. The summed E-state index contributed by atoms with van der Waals surface area (Å²) in [6.45, 7) is 3.17. The third kappa shape index (κ3) is 5.93. The van der Waals surface area contributed by atoms with E-state index in [1.807, 2.05) is 31.3 Å². The van der Waals surface area contributed by atoms with Crippen LogP contribution in [0, 0.1) is 0 Å². The van der Waals surface area contributed by atoms with Gasteiger partial charge in [0.1, 0.15) is 0 Å². The highest BCUT2D eigenvalue weighted by Crippen LogP contribution is 2.16. The number of rotatable bonds is 7. The summed E-state index contributed by atoms with van der Waals surface area (Å²) < 4.78 is 11.0. The van der Waals surface area contributed by atoms with Gasteiger partial charge in [-0.05, 0) is 31.5 Å². The number of likely N-dealkylation sites (N-methyl/N-ethyl adjacent to an activating group) is 1. The maximum atomic E-state index is 10.1. The Morgan fingerprint density at radius 1 is 1.38 bits per heavy atom. The van der Waals surface area contributed by atoms with Gasteiger partial charge in [0.2, 0.25) is 0 Å². The summed E-state index contributed by atoms with van der Waals surface area (Å²) >= 11 is 6.14. The van der Waals surface area contributed by atoms with Crippen LogP contribution in [0.1, 0.15) is 18.4 Å². The highest BCUT2D eigenvalue weighted by Gasteiger charge is 2.17. The Balaban J connectivity index is 1.69. The van der Waals surface area contributed by atoms with Gasteiger partial charge < -0.3 is 14.6 Å². The minimum atomic E-state index is -0.486. The lowest BCUT2D eigenvalue weighted by molar-refractivity contribution is -0.0634. The van der Waals surface area contributed by atoms with Gasteiger partial charge in [0, 0.05) is 31.3 Å². The molecule has 4 nitrogen and oxygen atoms in total. The van der Waals surface area contributed by atoms with Gasteiger partial charge in [-0.2, -0.15) is 0 Å². The van der Waals surface area contributed by atoms with E-state index in [1.54, 1.807) is 0 Å². The summed E-state index contributed by atoms with van der Waals surface area (Å²) in [4.78, 5) is 2.05. The van der Waals surface area contributed by atoms with E-state index >= 15 is 0 Å². The van der Waals surface area contributed by atoms with Crippen LogP contribution in [0.5, 0.6) is 0 Å². The van der Waals surface area contributed by atoms with Crippen LogP contribution in [0.4, 0.5) is 0 Å². The van der Waals surface area contributed by atoms with E-state index < -0.39 is 6.10 Å². The molecule has 1 aromatic rings. The zero-order chi connectivity index (χ0) is 15.1. The number of hydrogen-bond acceptors (Lipinski definition) is 4. The predicted molar refractivity (Wildman–Crippen MR) is 83.6 cm³/mol. The summed E-state index contributed by atoms with van der Waals surface area (Å²) in [7, 11) is 1.97. The molecule has 0 aliphatic carbocycles. The molecule has 1 saturated heterocycles. The topological polar surface area (TPSA) is 41.9 Å². The fraction of sp³-hybridized carbons (Fsp3) is 0.625. The van der Waals surface area contributed by atoms with Gasteiger partial charge in [-0.25, -0.2) is 0 Å². The quantitative estimate of drug-likeness (QED) is 0.839. The van der Waals surface area contributed by atoms with Crippen LogP contribution < -0.4 is 0 Å². The first-order valence-electron chi connectivity index (χ1n) is 7.44. The van der Waals surface area contributed by atoms with Crippen LogP contribution in [0.15, 0.2) is 24.3 Å². The maximum absolute atomic E-state index is 10.1. The molecule has 118 valence electrons. The summed E-state index contributed by atoms with van der Waals surface area (Å²) in [5.74, 6) is 0. The Morgan fingerprint density at radius 3 is 2.81 bits per heavy atom. The zero-order valence-corrected chi connectivity index (χ0v) is 13.3. The smallest absolute Gasteiger partial charge is 0.0900 e. The van der Waals surface area contributed by atoms with Crippen molar-refractivity contribution in [2.45, 2.75) is 31.6 Å². The number of benzene rings is 1. The molecular formula is C16H24ClNO3. The summed E-state index contributed by atoms with van der Waals surface area (Å²) in [5, 5.41) is 10.8. The van der Waals surface area contributed by atoms with Crippen LogP contribution in [0.2, 0.25) is 5.02 Å². The average molecular weight is 314 g/mol. The van der Waals surface area contributed by atoms with E-state index in [1.165, 1.54) is 0 Å². The number of ether oxygens (including phenoxy) is 2. The van der Waals surface area contributed by atoms with E-state index in [0.29, 0.717) is 19.7 Å². The molecule has 1 N–H and O–H groups in total. The number of aliphatic hydroxyl groups excluding tert-OH is 1. The fourth-order valence-electron chi connectivity index (χ4n) is 2.48. The predicted octanol–water partition coefficient (Wildman–Crippen LogP) is 2.33. The van der Waals surface area contributed by atoms with Crippen LogP contribution in [0.25, 0.3) is 0 Å². The molecule has 0 spiro atoms. The van der Waals surface area contributed by atoms with Crippen molar-refractivity contribution in [3.05, 3.63) is 34.9 Å². The second-order valence-corrected chi connectivity index (χ2v) is 5.99. The van der Waals surface area contributed by atoms with E-state index in [9.17, 15) is 5.11 Å². The van der Waals surface area contributed by atoms with Gasteiger partial charge in [-0.3, -0.25) is 4.90 Å². The van der Waals surface area contributed by atoms with Gasteiger partial charge in [0.15, 0.2) is 0 Å². The SMILES string of the molecule is CN(Cc1ccccc1Cl)CC(O)COC1CCOCC1. The van der Waals surface area contributed by atoms with E-state index in [0.717, 1.165) is 36.6 Å². The number of nitrogens with zero attached hydrogens (tertiary/aromatic N) is 1. The van der Waals surface area contributed by atoms with Crippen LogP contribution in [-0.4, -0.2) is 55.6 Å². The van der Waals surface area contributed by atoms with Crippen molar-refractivity contribution in [1.29, 1.82) is 0 Å². The number of halogens is 1. The van der Waals surface area contributed by atoms with Crippen molar-refractivity contribution in [2.75, 3.05) is 33.4 Å². The minimum absolute atomic E-state index is 0.224. The first-order chi connectivity index (χ1) is 10.1. The molecule has 1 aliphatic rings. The minimum Gasteiger partial charge on any atom is -0.389 e. The summed E-state index contributed by atoms with van der Waals surface area (Å²) in [6, 6.07) is 7.78. The molecule has 1 fully saturated rings. The van der Waals surface area contributed by atoms with Gasteiger partial charge in [0.25, 0.3) is 0 Å².